The van der Waals surface area contributed by atoms with Crippen molar-refractivity contribution in [3.8, 4) is 0 Å². The van der Waals surface area contributed by atoms with Gasteiger partial charge >= 0.3 is 6.09 Å². The van der Waals surface area contributed by atoms with Crippen LogP contribution in [0.25, 0.3) is 0 Å². The lowest BCUT2D eigenvalue weighted by atomic mass is 9.93. The number of amides is 1. The molecule has 0 aromatic heterocycles. The lowest BCUT2D eigenvalue weighted by molar-refractivity contribution is 0.0452. The topological polar surface area (TPSA) is 78.0 Å². The molecule has 1 atom stereocenters. The second kappa shape index (κ2) is 10.5. The van der Waals surface area contributed by atoms with E-state index in [1.54, 1.807) is 0 Å². The van der Waals surface area contributed by atoms with Crippen LogP contribution in [0.1, 0.15) is 73.6 Å². The number of nitrogens with one attached hydrogen (secondary N) is 3. The van der Waals surface area contributed by atoms with Gasteiger partial charge in [-0.05, 0) is 72.3 Å². The summed E-state index contributed by atoms with van der Waals surface area (Å²) in [6.45, 7) is 16.6. The first-order valence-corrected chi connectivity index (χ1v) is 11.5. The molecule has 29 heavy (non-hydrogen) atoms. The number of carbonyl (C=O) groups excluding carboxylic acids is 1. The zero-order valence-electron chi connectivity index (χ0n) is 19.4. The smallest absolute Gasteiger partial charge is 0.408 e. The number of alkyl carbamates (subject to hydrolysis) is 1. The molecule has 1 aliphatic heterocycles. The zero-order valence-corrected chi connectivity index (χ0v) is 19.4. The third-order valence-electron chi connectivity index (χ3n) is 5.94. The molecule has 1 heterocycles. The summed E-state index contributed by atoms with van der Waals surface area (Å²) in [5, 5.41) is 9.95. The highest BCUT2D eigenvalue weighted by Gasteiger charge is 2.34. The van der Waals surface area contributed by atoms with Crippen LogP contribution in [0.2, 0.25) is 0 Å². The van der Waals surface area contributed by atoms with Gasteiger partial charge in [0.15, 0.2) is 5.96 Å². The Labute approximate surface area is 177 Å². The Morgan fingerprint density at radius 1 is 1.10 bits per heavy atom. The standard InChI is InChI=1S/C22H43N5O2/c1-7-22(8-2,26-20(28)29-21(4,5)6)16-25-19(23-9-3)24-14-17-12-13-27(15-17)18-10-11-18/h17-18H,7-16H2,1-6H3,(H,26,28)(H2,23,24,25). The molecule has 1 amide bonds. The normalized spacial score (nSPS) is 21.2. The summed E-state index contributed by atoms with van der Waals surface area (Å²) >= 11 is 0. The largest absolute Gasteiger partial charge is 0.444 e. The van der Waals surface area contributed by atoms with Gasteiger partial charge in [-0.25, -0.2) is 4.79 Å². The Bertz CT molecular complexity index is 550. The first-order chi connectivity index (χ1) is 13.7. The fraction of sp³-hybridized carbons (Fsp3) is 0.909. The van der Waals surface area contributed by atoms with Gasteiger partial charge in [0.05, 0.1) is 12.1 Å². The number of ether oxygens (including phenoxy) is 1. The molecular formula is C22H43N5O2. The highest BCUT2D eigenvalue weighted by atomic mass is 16.6. The summed E-state index contributed by atoms with van der Waals surface area (Å²) in [6, 6.07) is 0.857. The van der Waals surface area contributed by atoms with Crippen molar-refractivity contribution >= 4 is 12.1 Å². The van der Waals surface area contributed by atoms with Crippen molar-refractivity contribution in [2.45, 2.75) is 90.8 Å². The van der Waals surface area contributed by atoms with Crippen LogP contribution in [0.4, 0.5) is 4.79 Å². The number of rotatable bonds is 9. The molecule has 1 saturated heterocycles. The van der Waals surface area contributed by atoms with E-state index in [0.717, 1.165) is 37.9 Å². The van der Waals surface area contributed by atoms with Crippen molar-refractivity contribution in [2.24, 2.45) is 10.9 Å². The second-order valence-electron chi connectivity index (χ2n) is 9.57. The highest BCUT2D eigenvalue weighted by Crippen LogP contribution is 2.31. The molecule has 1 saturated carbocycles. The predicted molar refractivity (Wildman–Crippen MR) is 119 cm³/mol. The number of likely N-dealkylation sites (tertiary alicyclic amines) is 1. The number of aliphatic imine (C=N–C) groups is 1. The fourth-order valence-corrected chi connectivity index (χ4v) is 3.82. The highest BCUT2D eigenvalue weighted by molar-refractivity contribution is 5.79. The number of guanidine groups is 1. The molecule has 168 valence electrons. The summed E-state index contributed by atoms with van der Waals surface area (Å²) in [4.78, 5) is 19.8. The molecule has 0 bridgehead atoms. The van der Waals surface area contributed by atoms with Gasteiger partial charge in [-0.15, -0.1) is 0 Å². The van der Waals surface area contributed by atoms with Gasteiger partial charge in [0.1, 0.15) is 5.60 Å². The third kappa shape index (κ3) is 8.03. The maximum Gasteiger partial charge on any atom is 0.408 e. The Balaban J connectivity index is 1.91. The zero-order chi connectivity index (χ0) is 21.5. The van der Waals surface area contributed by atoms with Crippen molar-refractivity contribution in [1.29, 1.82) is 0 Å². The molecule has 7 nitrogen and oxygen atoms in total. The van der Waals surface area contributed by atoms with E-state index in [4.69, 9.17) is 9.73 Å². The van der Waals surface area contributed by atoms with E-state index in [-0.39, 0.29) is 6.09 Å². The molecule has 1 aliphatic carbocycles. The fourth-order valence-electron chi connectivity index (χ4n) is 3.82. The summed E-state index contributed by atoms with van der Waals surface area (Å²) in [5.74, 6) is 1.51. The third-order valence-corrected chi connectivity index (χ3v) is 5.94. The van der Waals surface area contributed by atoms with Gasteiger partial charge in [0.25, 0.3) is 0 Å². The van der Waals surface area contributed by atoms with E-state index in [0.29, 0.717) is 12.5 Å². The summed E-state index contributed by atoms with van der Waals surface area (Å²) in [6.07, 6.45) is 5.24. The quantitative estimate of drug-likeness (QED) is 0.403. The minimum Gasteiger partial charge on any atom is -0.444 e. The Kier molecular flexibility index (Phi) is 8.61. The molecular weight excluding hydrogens is 366 g/mol. The van der Waals surface area contributed by atoms with E-state index in [2.05, 4.69) is 41.6 Å². The second-order valence-corrected chi connectivity index (χ2v) is 9.57. The average molecular weight is 410 g/mol. The summed E-state index contributed by atoms with van der Waals surface area (Å²) in [5.41, 5.74) is -0.909. The maximum atomic E-state index is 12.3. The van der Waals surface area contributed by atoms with Gasteiger partial charge in [-0.1, -0.05) is 13.8 Å². The molecule has 0 aromatic carbocycles. The van der Waals surface area contributed by atoms with Crippen LogP contribution >= 0.6 is 0 Å². The van der Waals surface area contributed by atoms with Crippen molar-refractivity contribution in [2.75, 3.05) is 32.7 Å². The van der Waals surface area contributed by atoms with E-state index >= 15 is 0 Å². The van der Waals surface area contributed by atoms with Crippen LogP contribution in [0.3, 0.4) is 0 Å². The van der Waals surface area contributed by atoms with Crippen LogP contribution in [-0.2, 0) is 4.74 Å². The minimum atomic E-state index is -0.507. The molecule has 2 rings (SSSR count). The van der Waals surface area contributed by atoms with Crippen molar-refractivity contribution in [3.63, 3.8) is 0 Å². The van der Waals surface area contributed by atoms with Crippen molar-refractivity contribution in [1.82, 2.24) is 20.9 Å². The maximum absolute atomic E-state index is 12.3. The van der Waals surface area contributed by atoms with Crippen LogP contribution < -0.4 is 16.0 Å². The average Bonchev–Trinajstić information content (AvgIpc) is 3.39. The van der Waals surface area contributed by atoms with Crippen molar-refractivity contribution in [3.05, 3.63) is 0 Å². The molecule has 0 spiro atoms. The van der Waals surface area contributed by atoms with E-state index < -0.39 is 11.1 Å². The predicted octanol–water partition coefficient (Wildman–Crippen LogP) is 3.11. The van der Waals surface area contributed by atoms with Crippen molar-refractivity contribution < 1.29 is 9.53 Å². The molecule has 2 aliphatic rings. The number of carbonyl (C=O) groups is 1. The first kappa shape index (κ1) is 23.8. The van der Waals surface area contributed by atoms with Gasteiger partial charge in [-0.3, -0.25) is 4.99 Å². The van der Waals surface area contributed by atoms with Crippen LogP contribution in [0.5, 0.6) is 0 Å². The van der Waals surface area contributed by atoms with E-state index in [1.807, 2.05) is 20.8 Å². The van der Waals surface area contributed by atoms with Gasteiger partial charge < -0.3 is 25.6 Å². The van der Waals surface area contributed by atoms with Gasteiger partial charge in [0, 0.05) is 25.7 Å². The van der Waals surface area contributed by atoms with Gasteiger partial charge in [-0.2, -0.15) is 0 Å². The molecule has 2 fully saturated rings. The van der Waals surface area contributed by atoms with Crippen LogP contribution in [0, 0.1) is 5.92 Å². The molecule has 0 aromatic rings. The SMILES string of the molecule is CCNC(=NCC(CC)(CC)NC(=O)OC(C)(C)C)NCC1CCN(C2CC2)C1. The number of hydrogen-bond donors (Lipinski definition) is 3. The number of nitrogens with zero attached hydrogens (tertiary/aromatic N) is 2. The lowest BCUT2D eigenvalue weighted by Crippen LogP contribution is -2.52. The summed E-state index contributed by atoms with van der Waals surface area (Å²) < 4.78 is 5.47. The van der Waals surface area contributed by atoms with E-state index in [1.165, 1.54) is 32.4 Å². The molecule has 0 radical (unpaired) electrons. The monoisotopic (exact) mass is 409 g/mol. The van der Waals surface area contributed by atoms with Crippen LogP contribution in [0.15, 0.2) is 4.99 Å². The number of hydrogen-bond acceptors (Lipinski definition) is 4. The molecule has 7 heteroatoms. The Morgan fingerprint density at radius 3 is 2.34 bits per heavy atom. The lowest BCUT2D eigenvalue weighted by Gasteiger charge is -2.32. The summed E-state index contributed by atoms with van der Waals surface area (Å²) in [7, 11) is 0. The molecule has 3 N–H and O–H groups in total. The minimum absolute atomic E-state index is 0.375. The van der Waals surface area contributed by atoms with E-state index in [9.17, 15) is 4.79 Å². The Morgan fingerprint density at radius 2 is 1.79 bits per heavy atom. The molecule has 1 unspecified atom stereocenters. The first-order valence-electron chi connectivity index (χ1n) is 11.5. The Hall–Kier alpha value is -1.50. The van der Waals surface area contributed by atoms with Gasteiger partial charge in [0.2, 0.25) is 0 Å². The van der Waals surface area contributed by atoms with Crippen LogP contribution in [-0.4, -0.2) is 66.9 Å².